The minimum Gasteiger partial charge on any atom is -0.474 e. The van der Waals surface area contributed by atoms with E-state index in [-0.39, 0.29) is 24.7 Å². The van der Waals surface area contributed by atoms with Crippen LogP contribution in [-0.2, 0) is 33.3 Å². The Hall–Kier alpha value is -4.06. The summed E-state index contributed by atoms with van der Waals surface area (Å²) in [7, 11) is 0. The zero-order valence-electron chi connectivity index (χ0n) is 33.0. The number of aliphatic hydroxyl groups is 2. The van der Waals surface area contributed by atoms with Gasteiger partial charge in [0.2, 0.25) is 6.10 Å². The van der Waals surface area contributed by atoms with E-state index in [0.29, 0.717) is 54.1 Å². The highest BCUT2D eigenvalue weighted by atomic mass is 16.7. The van der Waals surface area contributed by atoms with Crippen LogP contribution in [0.25, 0.3) is 0 Å². The average molecular weight is 769 g/mol. The van der Waals surface area contributed by atoms with Crippen molar-refractivity contribution in [2.24, 2.45) is 17.8 Å². The Bertz CT molecular complexity index is 1840. The largest absolute Gasteiger partial charge is 0.474 e. The van der Waals surface area contributed by atoms with Crippen molar-refractivity contribution in [1.29, 1.82) is 0 Å². The number of allylic oxidation sites excluding steroid dienone is 2. The third kappa shape index (κ3) is 8.18. The van der Waals surface area contributed by atoms with Crippen LogP contribution in [0.4, 0.5) is 0 Å². The van der Waals surface area contributed by atoms with Gasteiger partial charge >= 0.3 is 11.9 Å². The summed E-state index contributed by atoms with van der Waals surface area (Å²) < 4.78 is 38.6. The Labute approximate surface area is 330 Å². The number of hydrogen-bond donors (Lipinski definition) is 2. The van der Waals surface area contributed by atoms with Gasteiger partial charge in [-0.25, -0.2) is 4.79 Å². The number of carbonyl (C=O) groups is 2. The molecule has 0 aromatic heterocycles. The van der Waals surface area contributed by atoms with Gasteiger partial charge in [0, 0.05) is 30.7 Å². The molecule has 10 nitrogen and oxygen atoms in total. The van der Waals surface area contributed by atoms with Crippen LogP contribution < -0.4 is 4.74 Å². The van der Waals surface area contributed by atoms with Gasteiger partial charge in [-0.3, -0.25) is 4.79 Å². The maximum atomic E-state index is 14.2. The Morgan fingerprint density at radius 2 is 1.73 bits per heavy atom. The molecule has 300 valence electrons. The SMILES string of the molecule is CC[C@H]1O[C@]2(CC[C@@H]1C)C[C@@H]1C[C@@H](C/C=C(\C)C(OC(=O)C(Oc3ccccc3)c3ccccc3)[C@@H](C)/C=C/C=C3\CO[C@@H]4[C@H](O)C(C)=C[C@@H](C(=O)O1)[C@]34O)O2. The fraction of sp³-hybridized carbons (Fsp3) is 0.522. The van der Waals surface area contributed by atoms with Gasteiger partial charge in [0.15, 0.2) is 5.79 Å². The first-order valence-electron chi connectivity index (χ1n) is 20.2. The van der Waals surface area contributed by atoms with E-state index < -0.39 is 59.8 Å². The lowest BCUT2D eigenvalue weighted by Gasteiger charge is -2.50. The normalized spacial score (nSPS) is 39.1. The van der Waals surface area contributed by atoms with Crippen LogP contribution in [0.2, 0.25) is 0 Å². The van der Waals surface area contributed by atoms with E-state index in [1.807, 2.05) is 68.5 Å². The van der Waals surface area contributed by atoms with Crippen molar-refractivity contribution >= 4 is 11.9 Å². The molecule has 3 saturated heterocycles. The van der Waals surface area contributed by atoms with E-state index in [2.05, 4.69) is 19.9 Å². The number of benzene rings is 2. The molecule has 1 spiro atoms. The molecule has 0 radical (unpaired) electrons. The van der Waals surface area contributed by atoms with Crippen LogP contribution in [-0.4, -0.2) is 76.8 Å². The monoisotopic (exact) mass is 768 g/mol. The molecule has 2 bridgehead atoms. The summed E-state index contributed by atoms with van der Waals surface area (Å²) in [5.41, 5.74) is 0.624. The lowest BCUT2D eigenvalue weighted by molar-refractivity contribution is -0.335. The van der Waals surface area contributed by atoms with Crippen LogP contribution in [0.5, 0.6) is 5.75 Å². The highest BCUT2D eigenvalue weighted by molar-refractivity contribution is 5.79. The molecule has 2 N–H and O–H groups in total. The molecule has 3 fully saturated rings. The maximum absolute atomic E-state index is 14.2. The minimum absolute atomic E-state index is 0.00343. The second-order valence-corrected chi connectivity index (χ2v) is 16.3. The number of rotatable bonds is 6. The van der Waals surface area contributed by atoms with Gasteiger partial charge < -0.3 is 38.6 Å². The summed E-state index contributed by atoms with van der Waals surface area (Å²) >= 11 is 0. The predicted molar refractivity (Wildman–Crippen MR) is 209 cm³/mol. The first-order valence-corrected chi connectivity index (χ1v) is 20.2. The molecule has 2 aromatic carbocycles. The molecule has 1 aliphatic carbocycles. The number of hydrogen-bond acceptors (Lipinski definition) is 10. The molecule has 10 heteroatoms. The third-order valence-electron chi connectivity index (χ3n) is 12.3. The molecule has 0 amide bonds. The third-order valence-corrected chi connectivity index (χ3v) is 12.3. The summed E-state index contributed by atoms with van der Waals surface area (Å²) in [4.78, 5) is 28.5. The second-order valence-electron chi connectivity index (χ2n) is 16.3. The standard InChI is InChI=1S/C46H56O10/c1-6-38-28(2)22-23-45(56-38)26-36-25-35(55-45)21-20-30(4)40(54-44(49)41(32-15-9-7-10-16-32)52-34-18-11-8-12-19-34)29(3)14-13-17-33-27-51-42-39(47)31(5)24-37(43(48)53-36)46(33,42)50/h7-20,24,28-29,35-42,47,50H,6,21-23,25-27H2,1-5H3/b14-13+,30-20+,33-17+/t28-,29-,35+,36-,37-,38+,39+,40?,41?,42+,45+,46+/m0/s1. The number of para-hydroxylation sites is 1. The van der Waals surface area contributed by atoms with E-state index in [1.54, 1.807) is 37.3 Å². The predicted octanol–water partition coefficient (Wildman–Crippen LogP) is 7.27. The number of aliphatic hydroxyl groups excluding tert-OH is 1. The van der Waals surface area contributed by atoms with Crippen LogP contribution in [0.15, 0.2) is 108 Å². The molecular formula is C46H56O10. The summed E-state index contributed by atoms with van der Waals surface area (Å²) in [6, 6.07) is 18.5. The van der Waals surface area contributed by atoms with Gasteiger partial charge in [-0.2, -0.15) is 0 Å². The van der Waals surface area contributed by atoms with Gasteiger partial charge in [0.05, 0.1) is 18.8 Å². The van der Waals surface area contributed by atoms with Crippen molar-refractivity contribution in [2.45, 2.75) is 127 Å². The van der Waals surface area contributed by atoms with E-state index in [4.69, 9.17) is 28.4 Å². The first kappa shape index (κ1) is 40.1. The van der Waals surface area contributed by atoms with Gasteiger partial charge in [-0.1, -0.05) is 99.7 Å². The smallest absolute Gasteiger partial charge is 0.352 e. The first-order chi connectivity index (χ1) is 26.9. The molecule has 4 heterocycles. The van der Waals surface area contributed by atoms with E-state index in [0.717, 1.165) is 18.4 Å². The van der Waals surface area contributed by atoms with Crippen molar-refractivity contribution < 1.29 is 48.2 Å². The Morgan fingerprint density at radius 1 is 1.00 bits per heavy atom. The Kier molecular flexibility index (Phi) is 12.1. The number of esters is 2. The topological polar surface area (TPSA) is 130 Å². The van der Waals surface area contributed by atoms with Crippen LogP contribution in [0.1, 0.15) is 84.8 Å². The number of ether oxygens (including phenoxy) is 6. The van der Waals surface area contributed by atoms with Crippen LogP contribution in [0.3, 0.4) is 0 Å². The fourth-order valence-electron chi connectivity index (χ4n) is 9.07. The molecule has 12 atom stereocenters. The number of fused-ring (bicyclic) bond motifs is 2. The van der Waals surface area contributed by atoms with Gasteiger partial charge in [-0.05, 0) is 67.9 Å². The van der Waals surface area contributed by atoms with Crippen LogP contribution >= 0.6 is 0 Å². The molecule has 0 saturated carbocycles. The summed E-state index contributed by atoms with van der Waals surface area (Å²) in [6.45, 7) is 9.96. The molecule has 5 aliphatic rings. The summed E-state index contributed by atoms with van der Waals surface area (Å²) in [5.74, 6) is -2.60. The van der Waals surface area contributed by atoms with Crippen molar-refractivity contribution in [3.8, 4) is 5.75 Å². The van der Waals surface area contributed by atoms with E-state index >= 15 is 0 Å². The molecule has 4 aliphatic heterocycles. The molecular weight excluding hydrogens is 712 g/mol. The highest BCUT2D eigenvalue weighted by Gasteiger charge is 2.60. The van der Waals surface area contributed by atoms with Gasteiger partial charge in [-0.15, -0.1) is 0 Å². The Morgan fingerprint density at radius 3 is 2.46 bits per heavy atom. The van der Waals surface area contributed by atoms with Gasteiger partial charge in [0.1, 0.15) is 41.7 Å². The zero-order chi connectivity index (χ0) is 39.6. The van der Waals surface area contributed by atoms with E-state index in [1.165, 1.54) is 0 Å². The van der Waals surface area contributed by atoms with Crippen molar-refractivity contribution in [3.05, 3.63) is 113 Å². The van der Waals surface area contributed by atoms with Crippen LogP contribution in [0, 0.1) is 17.8 Å². The van der Waals surface area contributed by atoms with Crippen molar-refractivity contribution in [1.82, 2.24) is 0 Å². The average Bonchev–Trinajstić information content (AvgIpc) is 3.54. The zero-order valence-corrected chi connectivity index (χ0v) is 33.0. The van der Waals surface area contributed by atoms with Crippen molar-refractivity contribution in [2.75, 3.05) is 6.61 Å². The molecule has 56 heavy (non-hydrogen) atoms. The quantitative estimate of drug-likeness (QED) is 0.229. The van der Waals surface area contributed by atoms with Gasteiger partial charge in [0.25, 0.3) is 0 Å². The maximum Gasteiger partial charge on any atom is 0.352 e. The lowest BCUT2D eigenvalue weighted by Crippen LogP contribution is -2.58. The molecule has 7 rings (SSSR count). The van der Waals surface area contributed by atoms with E-state index in [9.17, 15) is 19.8 Å². The minimum atomic E-state index is -1.84. The summed E-state index contributed by atoms with van der Waals surface area (Å²) in [5, 5.41) is 23.6. The highest BCUT2D eigenvalue weighted by Crippen LogP contribution is 2.47. The molecule has 2 unspecified atom stereocenters. The lowest BCUT2D eigenvalue weighted by atomic mass is 9.71. The summed E-state index contributed by atoms with van der Waals surface area (Å²) in [6.07, 6.45) is 7.91. The fourth-order valence-corrected chi connectivity index (χ4v) is 9.07. The second kappa shape index (κ2) is 16.8. The molecule has 2 aromatic rings. The Balaban J connectivity index is 1.26. The van der Waals surface area contributed by atoms with Crippen molar-refractivity contribution in [3.63, 3.8) is 0 Å². The number of carbonyl (C=O) groups excluding carboxylic acids is 2.